The van der Waals surface area contributed by atoms with Gasteiger partial charge in [0.05, 0.1) is 0 Å². The second kappa shape index (κ2) is 10.4. The van der Waals surface area contributed by atoms with Crippen molar-refractivity contribution >= 4 is 18.1 Å². The van der Waals surface area contributed by atoms with Gasteiger partial charge in [-0.3, -0.25) is 0 Å². The maximum absolute atomic E-state index is 11.2. The Labute approximate surface area is 182 Å². The fourth-order valence-corrected chi connectivity index (χ4v) is 3.22. The van der Waals surface area contributed by atoms with Crippen LogP contribution >= 0.6 is 0 Å². The van der Waals surface area contributed by atoms with Gasteiger partial charge in [0.2, 0.25) is 0 Å². The Balaban J connectivity index is 1.84. The zero-order chi connectivity index (χ0) is 22.2. The fourth-order valence-electron chi connectivity index (χ4n) is 3.22. The van der Waals surface area contributed by atoms with E-state index in [1.165, 1.54) is 0 Å². The number of hydrogen-bond donors (Lipinski definition) is 2. The van der Waals surface area contributed by atoms with Crippen LogP contribution in [0.4, 0.5) is 0 Å². The predicted octanol–water partition coefficient (Wildman–Crippen LogP) is 5.81. The van der Waals surface area contributed by atoms with Gasteiger partial charge >= 0.3 is 5.97 Å². The van der Waals surface area contributed by atoms with Crippen molar-refractivity contribution < 1.29 is 19.7 Å². The number of carbonyl (C=O) groups is 1. The van der Waals surface area contributed by atoms with Crippen LogP contribution in [-0.2, 0) is 11.4 Å². The van der Waals surface area contributed by atoms with E-state index in [2.05, 4.69) is 0 Å². The highest BCUT2D eigenvalue weighted by Crippen LogP contribution is 2.31. The molecule has 0 saturated heterocycles. The third kappa shape index (κ3) is 5.93. The molecule has 0 bridgehead atoms. The highest BCUT2D eigenvalue weighted by molar-refractivity contribution is 5.92. The van der Waals surface area contributed by atoms with Gasteiger partial charge in [-0.05, 0) is 42.2 Å². The molecule has 3 aromatic rings. The Bertz CT molecular complexity index is 1100. The molecular weight excluding hydrogens is 388 g/mol. The summed E-state index contributed by atoms with van der Waals surface area (Å²) in [6.07, 6.45) is 4.24. The number of carboxylic acids is 1. The van der Waals surface area contributed by atoms with Gasteiger partial charge in [-0.25, -0.2) is 4.79 Å². The SMILES string of the molecule is CC(=Cc1ccccc1C=CC(O)c1cccc(C)c1OCc1ccccc1)C(=O)O. The van der Waals surface area contributed by atoms with Gasteiger partial charge in [-0.1, -0.05) is 84.9 Å². The maximum atomic E-state index is 11.2. The number of rotatable bonds is 8. The highest BCUT2D eigenvalue weighted by atomic mass is 16.5. The molecule has 0 heterocycles. The minimum atomic E-state index is -0.959. The van der Waals surface area contributed by atoms with E-state index in [0.29, 0.717) is 17.9 Å². The van der Waals surface area contributed by atoms with Crippen molar-refractivity contribution in [2.75, 3.05) is 0 Å². The van der Waals surface area contributed by atoms with Crippen molar-refractivity contribution in [1.82, 2.24) is 0 Å². The third-order valence-electron chi connectivity index (χ3n) is 4.95. The van der Waals surface area contributed by atoms with Crippen molar-refractivity contribution in [2.24, 2.45) is 0 Å². The van der Waals surface area contributed by atoms with Gasteiger partial charge in [0.1, 0.15) is 18.5 Å². The molecule has 1 atom stereocenters. The number of ether oxygens (including phenoxy) is 1. The molecule has 0 amide bonds. The van der Waals surface area contributed by atoms with E-state index >= 15 is 0 Å². The van der Waals surface area contributed by atoms with Crippen molar-refractivity contribution in [1.29, 1.82) is 0 Å². The van der Waals surface area contributed by atoms with E-state index < -0.39 is 12.1 Å². The summed E-state index contributed by atoms with van der Waals surface area (Å²) in [4.78, 5) is 11.2. The van der Waals surface area contributed by atoms with E-state index in [1.54, 1.807) is 25.2 Å². The number of aliphatic carboxylic acids is 1. The van der Waals surface area contributed by atoms with Gasteiger partial charge in [0, 0.05) is 11.1 Å². The molecule has 0 saturated carbocycles. The van der Waals surface area contributed by atoms with E-state index in [-0.39, 0.29) is 5.57 Å². The zero-order valence-electron chi connectivity index (χ0n) is 17.7. The highest BCUT2D eigenvalue weighted by Gasteiger charge is 2.14. The third-order valence-corrected chi connectivity index (χ3v) is 4.95. The first kappa shape index (κ1) is 22.1. The first-order chi connectivity index (χ1) is 15.0. The summed E-state index contributed by atoms with van der Waals surface area (Å²) in [6, 6.07) is 23.0. The average molecular weight is 415 g/mol. The standard InChI is InChI=1S/C27H26O4/c1-19-9-8-14-24(26(19)31-18-21-10-4-3-5-11-21)25(28)16-15-22-12-6-7-13-23(22)17-20(2)27(29)30/h3-17,25,28H,18H2,1-2H3,(H,29,30). The molecule has 0 spiro atoms. The van der Waals surface area contributed by atoms with Crippen molar-refractivity contribution in [3.8, 4) is 5.75 Å². The Morgan fingerprint density at radius 3 is 2.35 bits per heavy atom. The fraction of sp³-hybridized carbons (Fsp3) is 0.148. The number of aliphatic hydroxyl groups is 1. The molecule has 158 valence electrons. The molecule has 0 aliphatic rings. The van der Waals surface area contributed by atoms with Crippen molar-refractivity contribution in [3.63, 3.8) is 0 Å². The van der Waals surface area contributed by atoms with Crippen LogP contribution in [0, 0.1) is 6.92 Å². The molecule has 0 aromatic heterocycles. The number of hydrogen-bond acceptors (Lipinski definition) is 3. The van der Waals surface area contributed by atoms with Crippen LogP contribution in [0.5, 0.6) is 5.75 Å². The van der Waals surface area contributed by atoms with Crippen LogP contribution in [0.2, 0.25) is 0 Å². The summed E-state index contributed by atoms with van der Waals surface area (Å²) in [5, 5.41) is 20.0. The van der Waals surface area contributed by atoms with Gasteiger partial charge in [-0.15, -0.1) is 0 Å². The molecule has 4 heteroatoms. The van der Waals surface area contributed by atoms with Crippen LogP contribution in [-0.4, -0.2) is 16.2 Å². The van der Waals surface area contributed by atoms with E-state index in [9.17, 15) is 9.90 Å². The molecule has 0 fully saturated rings. The molecule has 1 unspecified atom stereocenters. The first-order valence-corrected chi connectivity index (χ1v) is 10.1. The number of aryl methyl sites for hydroxylation is 1. The monoisotopic (exact) mass is 414 g/mol. The Morgan fingerprint density at radius 2 is 1.65 bits per heavy atom. The van der Waals surface area contributed by atoms with Gasteiger partial charge in [0.25, 0.3) is 0 Å². The van der Waals surface area contributed by atoms with Crippen LogP contribution in [0.1, 0.15) is 40.8 Å². The summed E-state index contributed by atoms with van der Waals surface area (Å²) in [6.45, 7) is 3.92. The van der Waals surface area contributed by atoms with E-state index in [0.717, 1.165) is 22.3 Å². The predicted molar refractivity (Wildman–Crippen MR) is 124 cm³/mol. The second-order valence-electron chi connectivity index (χ2n) is 7.33. The lowest BCUT2D eigenvalue weighted by Gasteiger charge is -2.16. The van der Waals surface area contributed by atoms with Crippen LogP contribution in [0.15, 0.2) is 84.4 Å². The summed E-state index contributed by atoms with van der Waals surface area (Å²) in [5.41, 5.74) is 4.52. The molecule has 3 rings (SSSR count). The smallest absolute Gasteiger partial charge is 0.331 e. The van der Waals surface area contributed by atoms with Crippen LogP contribution in [0.25, 0.3) is 12.2 Å². The Morgan fingerprint density at radius 1 is 0.968 bits per heavy atom. The molecule has 31 heavy (non-hydrogen) atoms. The number of benzene rings is 3. The Kier molecular flexibility index (Phi) is 7.41. The number of para-hydroxylation sites is 1. The first-order valence-electron chi connectivity index (χ1n) is 10.1. The molecule has 0 radical (unpaired) electrons. The lowest BCUT2D eigenvalue weighted by Crippen LogP contribution is -2.03. The summed E-state index contributed by atoms with van der Waals surface area (Å²) < 4.78 is 6.06. The van der Waals surface area contributed by atoms with Crippen LogP contribution in [0.3, 0.4) is 0 Å². The minimum Gasteiger partial charge on any atom is -0.488 e. The number of carboxylic acid groups (broad SMARTS) is 1. The quantitative estimate of drug-likeness (QED) is 0.457. The maximum Gasteiger partial charge on any atom is 0.331 e. The summed E-state index contributed by atoms with van der Waals surface area (Å²) >= 11 is 0. The molecule has 3 aromatic carbocycles. The average Bonchev–Trinajstić information content (AvgIpc) is 2.78. The normalized spacial score (nSPS) is 12.7. The molecular formula is C27H26O4. The lowest BCUT2D eigenvalue weighted by molar-refractivity contribution is -0.132. The van der Waals surface area contributed by atoms with Gasteiger partial charge in [0.15, 0.2) is 0 Å². The van der Waals surface area contributed by atoms with Crippen molar-refractivity contribution in [2.45, 2.75) is 26.6 Å². The van der Waals surface area contributed by atoms with Gasteiger partial charge < -0.3 is 14.9 Å². The molecule has 0 aliphatic heterocycles. The molecule has 0 aliphatic carbocycles. The van der Waals surface area contributed by atoms with E-state index in [1.807, 2.05) is 79.7 Å². The van der Waals surface area contributed by atoms with Gasteiger partial charge in [-0.2, -0.15) is 0 Å². The number of aliphatic hydroxyl groups excluding tert-OH is 1. The molecule has 4 nitrogen and oxygen atoms in total. The van der Waals surface area contributed by atoms with E-state index in [4.69, 9.17) is 9.84 Å². The lowest BCUT2D eigenvalue weighted by atomic mass is 10.0. The largest absolute Gasteiger partial charge is 0.488 e. The molecule has 2 N–H and O–H groups in total. The summed E-state index contributed by atoms with van der Waals surface area (Å²) in [7, 11) is 0. The van der Waals surface area contributed by atoms with Crippen molar-refractivity contribution in [3.05, 3.63) is 112 Å². The zero-order valence-corrected chi connectivity index (χ0v) is 17.7. The topological polar surface area (TPSA) is 66.8 Å². The van der Waals surface area contributed by atoms with Crippen LogP contribution < -0.4 is 4.74 Å². The Hall–Kier alpha value is -3.63. The summed E-state index contributed by atoms with van der Waals surface area (Å²) in [5.74, 6) is -0.294. The minimum absolute atomic E-state index is 0.247. The second-order valence-corrected chi connectivity index (χ2v) is 7.33.